The molecule has 1 aromatic carbocycles. The molecule has 0 aliphatic carbocycles. The number of hydrogen-bond donors (Lipinski definition) is 4. The summed E-state index contributed by atoms with van der Waals surface area (Å²) in [6.45, 7) is 2.01. The Labute approximate surface area is 234 Å². The maximum atomic E-state index is 13.3. The summed E-state index contributed by atoms with van der Waals surface area (Å²) >= 11 is 2.67. The molecule has 1 atom stereocenters. The Kier molecular flexibility index (Phi) is 8.69. The first-order valence-corrected chi connectivity index (χ1v) is 16.0. The van der Waals surface area contributed by atoms with E-state index in [9.17, 15) is 18.3 Å². The molecule has 1 aliphatic heterocycles. The zero-order valence-electron chi connectivity index (χ0n) is 21.3. The second-order valence-electron chi connectivity index (χ2n) is 9.28. The fourth-order valence-corrected chi connectivity index (χ4v) is 7.76. The van der Waals surface area contributed by atoms with Crippen LogP contribution in [0.2, 0.25) is 0 Å². The summed E-state index contributed by atoms with van der Waals surface area (Å²) in [5.41, 5.74) is 1.62. The van der Waals surface area contributed by atoms with Crippen LogP contribution in [0.4, 0.5) is 0 Å². The highest BCUT2D eigenvalue weighted by Crippen LogP contribution is 2.33. The Morgan fingerprint density at radius 3 is 2.85 bits per heavy atom. The summed E-state index contributed by atoms with van der Waals surface area (Å²) in [6, 6.07) is 10.5. The van der Waals surface area contributed by atoms with E-state index >= 15 is 0 Å². The van der Waals surface area contributed by atoms with Crippen LogP contribution in [-0.2, 0) is 10.0 Å². The van der Waals surface area contributed by atoms with Gasteiger partial charge in [0.15, 0.2) is 5.16 Å². The van der Waals surface area contributed by atoms with E-state index in [0.29, 0.717) is 58.2 Å². The van der Waals surface area contributed by atoms with Gasteiger partial charge >= 0.3 is 5.69 Å². The van der Waals surface area contributed by atoms with Crippen molar-refractivity contribution >= 4 is 44.2 Å². The molecule has 3 aromatic heterocycles. The second kappa shape index (κ2) is 12.2. The molecule has 1 saturated heterocycles. The maximum Gasteiger partial charge on any atom is 0.323 e. The number of ether oxygens (including phenoxy) is 1. The van der Waals surface area contributed by atoms with Crippen LogP contribution in [0.15, 0.2) is 56.8 Å². The summed E-state index contributed by atoms with van der Waals surface area (Å²) in [6.07, 6.45) is 4.32. The third kappa shape index (κ3) is 6.53. The molecular formula is C25H30N6O5S3. The van der Waals surface area contributed by atoms with Crippen molar-refractivity contribution in [2.75, 3.05) is 39.0 Å². The Balaban J connectivity index is 1.07. The molecule has 14 heteroatoms. The number of piperidine rings is 1. The summed E-state index contributed by atoms with van der Waals surface area (Å²) in [7, 11) is -3.57. The van der Waals surface area contributed by atoms with Gasteiger partial charge in [0, 0.05) is 25.8 Å². The number of nitrogens with zero attached hydrogens (tertiary/aromatic N) is 3. The zero-order chi connectivity index (χ0) is 27.4. The molecule has 1 aliphatic rings. The second-order valence-corrected chi connectivity index (χ2v) is 13.3. The number of H-pyrrole nitrogens is 2. The minimum Gasteiger partial charge on any atom is -0.489 e. The highest BCUT2D eigenvalue weighted by molar-refractivity contribution is 7.98. The van der Waals surface area contributed by atoms with Crippen molar-refractivity contribution in [1.29, 1.82) is 0 Å². The summed E-state index contributed by atoms with van der Waals surface area (Å²) in [5, 5.41) is 14.3. The molecule has 11 nitrogen and oxygen atoms in total. The predicted molar refractivity (Wildman–Crippen MR) is 152 cm³/mol. The van der Waals surface area contributed by atoms with E-state index in [2.05, 4.69) is 25.3 Å². The minimum absolute atomic E-state index is 0.0758. The van der Waals surface area contributed by atoms with E-state index in [0.717, 1.165) is 23.4 Å². The van der Waals surface area contributed by atoms with E-state index in [1.807, 2.05) is 6.26 Å². The van der Waals surface area contributed by atoms with E-state index in [-0.39, 0.29) is 12.3 Å². The fourth-order valence-electron chi connectivity index (χ4n) is 4.50. The lowest BCUT2D eigenvalue weighted by molar-refractivity contribution is 0.105. The normalized spacial score (nSPS) is 16.1. The first kappa shape index (κ1) is 27.8. The molecule has 208 valence electrons. The van der Waals surface area contributed by atoms with Crippen molar-refractivity contribution in [3.05, 3.63) is 53.1 Å². The molecular weight excluding hydrogens is 561 g/mol. The van der Waals surface area contributed by atoms with Gasteiger partial charge in [-0.15, -0.1) is 11.3 Å². The average molecular weight is 591 g/mol. The maximum absolute atomic E-state index is 13.3. The Hall–Kier alpha value is -2.75. The SMILES string of the molecule is CSc1nccc(-c2ccc(S(=O)(=O)N3CCC(CNC[C@@H](O)COc4cccc5[nH]c(=O)[nH]c45)CC3)s2)n1. The molecule has 0 bridgehead atoms. The van der Waals surface area contributed by atoms with E-state index < -0.39 is 16.1 Å². The fraction of sp³-hybridized carbons (Fsp3) is 0.400. The lowest BCUT2D eigenvalue weighted by Crippen LogP contribution is -2.41. The van der Waals surface area contributed by atoms with Crippen molar-refractivity contribution in [2.24, 2.45) is 5.92 Å². The number of aromatic nitrogens is 4. The number of aromatic amines is 2. The third-order valence-corrected chi connectivity index (χ3v) is 10.6. The van der Waals surface area contributed by atoms with Gasteiger partial charge < -0.3 is 25.1 Å². The van der Waals surface area contributed by atoms with E-state index in [1.54, 1.807) is 46.9 Å². The molecule has 0 saturated carbocycles. The lowest BCUT2D eigenvalue weighted by atomic mass is 9.98. The quantitative estimate of drug-likeness (QED) is 0.152. The van der Waals surface area contributed by atoms with Crippen LogP contribution in [0, 0.1) is 5.92 Å². The predicted octanol–water partition coefficient (Wildman–Crippen LogP) is 2.53. The minimum atomic E-state index is -3.57. The molecule has 0 amide bonds. The number of benzene rings is 1. The van der Waals surface area contributed by atoms with Gasteiger partial charge in [0.1, 0.15) is 28.2 Å². The number of aliphatic hydroxyl groups is 1. The molecule has 4 heterocycles. The van der Waals surface area contributed by atoms with E-state index in [1.165, 1.54) is 23.1 Å². The van der Waals surface area contributed by atoms with Crippen molar-refractivity contribution in [1.82, 2.24) is 29.6 Å². The number of hydrogen-bond acceptors (Lipinski definition) is 10. The average Bonchev–Trinajstić information content (AvgIpc) is 3.59. The molecule has 39 heavy (non-hydrogen) atoms. The Morgan fingerprint density at radius 2 is 2.05 bits per heavy atom. The number of thiophene rings is 1. The zero-order valence-corrected chi connectivity index (χ0v) is 23.7. The van der Waals surface area contributed by atoms with E-state index in [4.69, 9.17) is 4.74 Å². The number of nitrogens with one attached hydrogen (secondary N) is 3. The molecule has 4 N–H and O–H groups in total. The first-order valence-electron chi connectivity index (χ1n) is 12.5. The standard InChI is InChI=1S/C25H30N6O5S3/c1-37-25-27-10-7-18(29-25)21-5-6-22(38-21)39(34,35)31-11-8-16(9-12-31)13-26-14-17(32)15-36-20-4-2-3-19-23(20)30-24(33)28-19/h2-7,10,16-17,26,32H,8-9,11-15H2,1H3,(H2,28,30,33)/t17-/m1/s1. The number of sulfonamides is 1. The van der Waals surface area contributed by atoms with Gasteiger partial charge in [-0.2, -0.15) is 4.31 Å². The number of fused-ring (bicyclic) bond motifs is 1. The van der Waals surface area contributed by atoms with Gasteiger partial charge in [-0.25, -0.2) is 23.2 Å². The Morgan fingerprint density at radius 1 is 1.23 bits per heavy atom. The number of thioether (sulfide) groups is 1. The summed E-state index contributed by atoms with van der Waals surface area (Å²) in [5.74, 6) is 0.811. The molecule has 1 fully saturated rings. The Bertz CT molecular complexity index is 1580. The van der Waals surface area contributed by atoms with Crippen LogP contribution in [0.25, 0.3) is 21.6 Å². The van der Waals surface area contributed by atoms with Crippen LogP contribution >= 0.6 is 23.1 Å². The highest BCUT2D eigenvalue weighted by atomic mass is 32.2. The molecule has 0 spiro atoms. The van der Waals surface area contributed by atoms with Crippen LogP contribution in [0.5, 0.6) is 5.75 Å². The van der Waals surface area contributed by atoms with Crippen molar-refractivity contribution in [3.8, 4) is 16.3 Å². The number of imidazole rings is 1. The molecule has 4 aromatic rings. The van der Waals surface area contributed by atoms with Gasteiger partial charge in [-0.3, -0.25) is 0 Å². The molecule has 5 rings (SSSR count). The van der Waals surface area contributed by atoms with Crippen LogP contribution in [0.3, 0.4) is 0 Å². The monoisotopic (exact) mass is 590 g/mol. The smallest absolute Gasteiger partial charge is 0.323 e. The van der Waals surface area contributed by atoms with Gasteiger partial charge in [0.05, 0.1) is 16.1 Å². The summed E-state index contributed by atoms with van der Waals surface area (Å²) in [4.78, 5) is 26.3. The van der Waals surface area contributed by atoms with Gasteiger partial charge in [-0.1, -0.05) is 17.8 Å². The van der Waals surface area contributed by atoms with Crippen molar-refractivity contribution in [3.63, 3.8) is 0 Å². The van der Waals surface area contributed by atoms with Crippen LogP contribution < -0.4 is 15.7 Å². The lowest BCUT2D eigenvalue weighted by Gasteiger charge is -2.31. The van der Waals surface area contributed by atoms with Crippen molar-refractivity contribution < 1.29 is 18.3 Å². The number of aliphatic hydroxyl groups excluding tert-OH is 1. The van der Waals surface area contributed by atoms with Crippen LogP contribution in [0.1, 0.15) is 12.8 Å². The number of para-hydroxylation sites is 1. The van der Waals surface area contributed by atoms with Gasteiger partial charge in [0.25, 0.3) is 10.0 Å². The van der Waals surface area contributed by atoms with Gasteiger partial charge in [0.2, 0.25) is 0 Å². The van der Waals surface area contributed by atoms with Gasteiger partial charge in [-0.05, 0) is 61.9 Å². The highest BCUT2D eigenvalue weighted by Gasteiger charge is 2.30. The largest absolute Gasteiger partial charge is 0.489 e. The molecule has 0 radical (unpaired) electrons. The topological polar surface area (TPSA) is 153 Å². The molecule has 0 unspecified atom stereocenters. The first-order chi connectivity index (χ1) is 18.8. The number of rotatable bonds is 11. The summed E-state index contributed by atoms with van der Waals surface area (Å²) < 4.78 is 34.1. The van der Waals surface area contributed by atoms with Crippen LogP contribution in [-0.4, -0.2) is 82.9 Å². The van der Waals surface area contributed by atoms with Crippen molar-refractivity contribution in [2.45, 2.75) is 28.3 Å². The third-order valence-electron chi connectivity index (χ3n) is 6.57.